The first-order valence-electron chi connectivity index (χ1n) is 3.41. The smallest absolute Gasteiger partial charge is 0.306 e. The third-order valence-electron chi connectivity index (χ3n) is 1.51. The molecule has 1 aromatic rings. The van der Waals surface area contributed by atoms with Crippen LogP contribution < -0.4 is 0 Å². The van der Waals surface area contributed by atoms with Crippen molar-refractivity contribution < 1.29 is 9.90 Å². The van der Waals surface area contributed by atoms with E-state index in [9.17, 15) is 4.79 Å². The summed E-state index contributed by atoms with van der Waals surface area (Å²) in [5.41, 5.74) is 0.861. The van der Waals surface area contributed by atoms with E-state index in [2.05, 4.69) is 10.2 Å². The lowest BCUT2D eigenvalue weighted by Gasteiger charge is -2.01. The molecule has 0 saturated heterocycles. The number of rotatable bonds is 3. The average molecular weight is 154 g/mol. The molecule has 0 aromatic carbocycles. The number of carboxylic acids is 1. The zero-order chi connectivity index (χ0) is 8.27. The Hall–Kier alpha value is -1.32. The molecule has 0 aliphatic rings. The Morgan fingerprint density at radius 3 is 3.09 bits per heavy atom. The number of H-pyrrole nitrogens is 1. The molecular weight excluding hydrogens is 144 g/mol. The van der Waals surface area contributed by atoms with Gasteiger partial charge in [0.25, 0.3) is 0 Å². The molecular formula is C7H10N2O2. The van der Waals surface area contributed by atoms with Gasteiger partial charge in [-0.15, -0.1) is 0 Å². The van der Waals surface area contributed by atoms with Crippen molar-refractivity contribution in [3.63, 3.8) is 0 Å². The topological polar surface area (TPSA) is 66.0 Å². The Labute approximate surface area is 64.2 Å². The van der Waals surface area contributed by atoms with Crippen molar-refractivity contribution >= 4 is 5.97 Å². The van der Waals surface area contributed by atoms with E-state index in [4.69, 9.17) is 5.11 Å². The van der Waals surface area contributed by atoms with Crippen molar-refractivity contribution in [2.45, 2.75) is 13.3 Å². The van der Waals surface area contributed by atoms with Gasteiger partial charge in [-0.05, 0) is 6.07 Å². The zero-order valence-electron chi connectivity index (χ0n) is 6.24. The minimum atomic E-state index is -0.778. The molecule has 4 heteroatoms. The summed E-state index contributed by atoms with van der Waals surface area (Å²) in [6, 6.07) is 1.78. The predicted molar refractivity (Wildman–Crippen MR) is 39.1 cm³/mol. The highest BCUT2D eigenvalue weighted by molar-refractivity contribution is 5.69. The van der Waals surface area contributed by atoms with Gasteiger partial charge >= 0.3 is 5.97 Å². The van der Waals surface area contributed by atoms with Crippen molar-refractivity contribution in [1.29, 1.82) is 0 Å². The third kappa shape index (κ3) is 2.07. The highest BCUT2D eigenvalue weighted by Gasteiger charge is 2.11. The summed E-state index contributed by atoms with van der Waals surface area (Å²) in [7, 11) is 0. The highest BCUT2D eigenvalue weighted by atomic mass is 16.4. The quantitative estimate of drug-likeness (QED) is 0.672. The van der Waals surface area contributed by atoms with E-state index in [0.717, 1.165) is 5.69 Å². The molecule has 0 aliphatic carbocycles. The number of aliphatic carboxylic acids is 1. The van der Waals surface area contributed by atoms with Crippen LogP contribution in [-0.4, -0.2) is 21.3 Å². The molecule has 1 heterocycles. The van der Waals surface area contributed by atoms with Gasteiger partial charge in [-0.2, -0.15) is 5.10 Å². The maximum absolute atomic E-state index is 10.4. The summed E-state index contributed by atoms with van der Waals surface area (Å²) >= 11 is 0. The Morgan fingerprint density at radius 1 is 1.91 bits per heavy atom. The van der Waals surface area contributed by atoms with Gasteiger partial charge in [0.05, 0.1) is 5.92 Å². The van der Waals surface area contributed by atoms with E-state index in [-0.39, 0.29) is 5.92 Å². The van der Waals surface area contributed by atoms with Gasteiger partial charge in [0, 0.05) is 18.3 Å². The van der Waals surface area contributed by atoms with Crippen LogP contribution in [-0.2, 0) is 11.2 Å². The molecule has 0 bridgehead atoms. The number of aromatic amines is 1. The van der Waals surface area contributed by atoms with E-state index < -0.39 is 5.97 Å². The monoisotopic (exact) mass is 154 g/mol. The summed E-state index contributed by atoms with van der Waals surface area (Å²) in [5.74, 6) is -1.13. The summed E-state index contributed by atoms with van der Waals surface area (Å²) in [4.78, 5) is 10.4. The van der Waals surface area contributed by atoms with Crippen LogP contribution in [0.5, 0.6) is 0 Å². The molecule has 0 unspecified atom stereocenters. The summed E-state index contributed by atoms with van der Waals surface area (Å²) in [6.45, 7) is 1.67. The van der Waals surface area contributed by atoms with Crippen LogP contribution in [0.25, 0.3) is 0 Å². The highest BCUT2D eigenvalue weighted by Crippen LogP contribution is 2.04. The van der Waals surface area contributed by atoms with E-state index in [1.165, 1.54) is 0 Å². The second-order valence-corrected chi connectivity index (χ2v) is 2.53. The van der Waals surface area contributed by atoms with Crippen LogP contribution in [0.15, 0.2) is 12.3 Å². The van der Waals surface area contributed by atoms with Gasteiger partial charge in [-0.3, -0.25) is 9.89 Å². The molecule has 1 aromatic heterocycles. The van der Waals surface area contributed by atoms with Crippen LogP contribution in [0.4, 0.5) is 0 Å². The fraction of sp³-hybridized carbons (Fsp3) is 0.429. The normalized spacial score (nSPS) is 12.8. The van der Waals surface area contributed by atoms with Gasteiger partial charge in [0.2, 0.25) is 0 Å². The number of nitrogens with one attached hydrogen (secondary N) is 1. The predicted octanol–water partition coefficient (Wildman–Crippen LogP) is 0.673. The molecule has 0 fully saturated rings. The van der Waals surface area contributed by atoms with E-state index in [1.54, 1.807) is 19.2 Å². The largest absolute Gasteiger partial charge is 0.481 e. The molecule has 0 saturated carbocycles. The number of hydrogen-bond donors (Lipinski definition) is 2. The second kappa shape index (κ2) is 3.18. The lowest BCUT2D eigenvalue weighted by Crippen LogP contribution is -2.12. The van der Waals surface area contributed by atoms with Gasteiger partial charge in [0.15, 0.2) is 0 Å². The number of aromatic nitrogens is 2. The van der Waals surface area contributed by atoms with Crippen LogP contribution in [0.2, 0.25) is 0 Å². The molecule has 1 atom stereocenters. The van der Waals surface area contributed by atoms with Crippen LogP contribution >= 0.6 is 0 Å². The molecule has 11 heavy (non-hydrogen) atoms. The van der Waals surface area contributed by atoms with Gasteiger partial charge in [-0.1, -0.05) is 6.92 Å². The van der Waals surface area contributed by atoms with Gasteiger partial charge in [-0.25, -0.2) is 0 Å². The molecule has 2 N–H and O–H groups in total. The summed E-state index contributed by atoms with van der Waals surface area (Å²) in [6.07, 6.45) is 2.12. The lowest BCUT2D eigenvalue weighted by molar-refractivity contribution is -0.141. The fourth-order valence-corrected chi connectivity index (χ4v) is 0.816. The van der Waals surface area contributed by atoms with Crippen molar-refractivity contribution in [3.05, 3.63) is 18.0 Å². The molecule has 0 spiro atoms. The maximum atomic E-state index is 10.4. The van der Waals surface area contributed by atoms with Crippen molar-refractivity contribution in [2.24, 2.45) is 5.92 Å². The second-order valence-electron chi connectivity index (χ2n) is 2.53. The van der Waals surface area contributed by atoms with E-state index in [0.29, 0.717) is 6.42 Å². The summed E-state index contributed by atoms with van der Waals surface area (Å²) < 4.78 is 0. The van der Waals surface area contributed by atoms with Crippen LogP contribution in [0.3, 0.4) is 0 Å². The molecule has 60 valence electrons. The Morgan fingerprint density at radius 2 is 2.64 bits per heavy atom. The SMILES string of the molecule is C[C@H](Cc1ccn[nH]1)C(=O)O. The van der Waals surface area contributed by atoms with E-state index >= 15 is 0 Å². The molecule has 1 rings (SSSR count). The van der Waals surface area contributed by atoms with Crippen LogP contribution in [0, 0.1) is 5.92 Å². The van der Waals surface area contributed by atoms with Gasteiger partial charge in [0.1, 0.15) is 0 Å². The van der Waals surface area contributed by atoms with Gasteiger partial charge < -0.3 is 5.11 Å². The van der Waals surface area contributed by atoms with Crippen LogP contribution in [0.1, 0.15) is 12.6 Å². The van der Waals surface area contributed by atoms with E-state index in [1.807, 2.05) is 0 Å². The molecule has 0 amide bonds. The molecule has 4 nitrogen and oxygen atoms in total. The Bertz CT molecular complexity index is 231. The third-order valence-corrected chi connectivity index (χ3v) is 1.51. The number of hydrogen-bond acceptors (Lipinski definition) is 2. The number of carbonyl (C=O) groups is 1. The first kappa shape index (κ1) is 7.78. The van der Waals surface area contributed by atoms with Crippen molar-refractivity contribution in [1.82, 2.24) is 10.2 Å². The Balaban J connectivity index is 2.50. The zero-order valence-corrected chi connectivity index (χ0v) is 6.24. The minimum absolute atomic E-state index is 0.351. The number of carboxylic acid groups (broad SMARTS) is 1. The standard InChI is InChI=1S/C7H10N2O2/c1-5(7(10)11)4-6-2-3-8-9-6/h2-3,5H,4H2,1H3,(H,8,9)(H,10,11)/t5-/m1/s1. The van der Waals surface area contributed by atoms with Crippen molar-refractivity contribution in [3.8, 4) is 0 Å². The molecule has 0 radical (unpaired) electrons. The maximum Gasteiger partial charge on any atom is 0.306 e. The minimum Gasteiger partial charge on any atom is -0.481 e. The fourth-order valence-electron chi connectivity index (χ4n) is 0.816. The number of nitrogens with zero attached hydrogens (tertiary/aromatic N) is 1. The first-order valence-corrected chi connectivity index (χ1v) is 3.41. The Kier molecular flexibility index (Phi) is 2.25. The summed E-state index contributed by atoms with van der Waals surface area (Å²) in [5, 5.41) is 15.0. The average Bonchev–Trinajstić information content (AvgIpc) is 2.39. The van der Waals surface area contributed by atoms with Crippen molar-refractivity contribution in [2.75, 3.05) is 0 Å². The molecule has 0 aliphatic heterocycles. The first-order chi connectivity index (χ1) is 5.20. The lowest BCUT2D eigenvalue weighted by atomic mass is 10.1.